The lowest BCUT2D eigenvalue weighted by Crippen LogP contribution is -2.41. The van der Waals surface area contributed by atoms with Crippen molar-refractivity contribution in [3.63, 3.8) is 0 Å². The first-order chi connectivity index (χ1) is 9.35. The van der Waals surface area contributed by atoms with Gasteiger partial charge in [0.1, 0.15) is 6.04 Å². The van der Waals surface area contributed by atoms with Crippen LogP contribution in [-0.2, 0) is 6.42 Å². The van der Waals surface area contributed by atoms with Gasteiger partial charge >= 0.3 is 0 Å². The molecule has 1 aliphatic heterocycles. The zero-order valence-corrected chi connectivity index (χ0v) is 11.7. The van der Waals surface area contributed by atoms with Crippen LogP contribution in [0.25, 0.3) is 0 Å². The van der Waals surface area contributed by atoms with Crippen LogP contribution >= 0.6 is 0 Å². The van der Waals surface area contributed by atoms with Crippen LogP contribution in [0.15, 0.2) is 24.3 Å². The second-order valence-electron chi connectivity index (χ2n) is 5.17. The van der Waals surface area contributed by atoms with Gasteiger partial charge in [0.05, 0.1) is 6.07 Å². The standard InChI is InChI=1S/C16H23N3/c1-2-10-18-15(12-17)13-19-11-6-5-8-14-7-3-4-9-16(14)19/h3-4,7,9,15,18H,2,5-6,8,10-11,13H2,1H3. The molecule has 2 rings (SSSR count). The number of benzene rings is 1. The lowest BCUT2D eigenvalue weighted by atomic mass is 10.1. The summed E-state index contributed by atoms with van der Waals surface area (Å²) in [4.78, 5) is 2.37. The smallest absolute Gasteiger partial charge is 0.113 e. The summed E-state index contributed by atoms with van der Waals surface area (Å²) < 4.78 is 0. The number of anilines is 1. The van der Waals surface area contributed by atoms with Crippen molar-refractivity contribution in [2.24, 2.45) is 0 Å². The fourth-order valence-corrected chi connectivity index (χ4v) is 2.65. The highest BCUT2D eigenvalue weighted by Gasteiger charge is 2.18. The fraction of sp³-hybridized carbons (Fsp3) is 0.562. The third-order valence-electron chi connectivity index (χ3n) is 3.66. The molecule has 1 heterocycles. The highest BCUT2D eigenvalue weighted by Crippen LogP contribution is 2.25. The second kappa shape index (κ2) is 7.16. The van der Waals surface area contributed by atoms with Gasteiger partial charge in [-0.25, -0.2) is 0 Å². The van der Waals surface area contributed by atoms with Crippen molar-refractivity contribution in [1.29, 1.82) is 5.26 Å². The van der Waals surface area contributed by atoms with Crippen molar-refractivity contribution in [2.75, 3.05) is 24.5 Å². The quantitative estimate of drug-likeness (QED) is 0.881. The highest BCUT2D eigenvalue weighted by molar-refractivity contribution is 5.54. The van der Waals surface area contributed by atoms with Gasteiger partial charge in [0, 0.05) is 18.8 Å². The first kappa shape index (κ1) is 13.9. The van der Waals surface area contributed by atoms with E-state index in [1.54, 1.807) is 0 Å². The SMILES string of the molecule is CCCNC(C#N)CN1CCCCc2ccccc21. The molecular formula is C16H23N3. The van der Waals surface area contributed by atoms with Crippen LogP contribution < -0.4 is 10.2 Å². The van der Waals surface area contributed by atoms with E-state index in [9.17, 15) is 5.26 Å². The summed E-state index contributed by atoms with van der Waals surface area (Å²) in [7, 11) is 0. The van der Waals surface area contributed by atoms with Crippen LogP contribution in [0.3, 0.4) is 0 Å². The summed E-state index contributed by atoms with van der Waals surface area (Å²) in [5, 5.41) is 12.6. The van der Waals surface area contributed by atoms with Gasteiger partial charge < -0.3 is 10.2 Å². The average molecular weight is 257 g/mol. The van der Waals surface area contributed by atoms with E-state index in [1.165, 1.54) is 24.1 Å². The van der Waals surface area contributed by atoms with Crippen LogP contribution in [0.1, 0.15) is 31.7 Å². The maximum Gasteiger partial charge on any atom is 0.113 e. The molecule has 1 aromatic carbocycles. The number of hydrogen-bond donors (Lipinski definition) is 1. The number of rotatable bonds is 5. The summed E-state index contributed by atoms with van der Waals surface area (Å²) in [6.45, 7) is 4.88. The van der Waals surface area contributed by atoms with Crippen molar-refractivity contribution in [3.05, 3.63) is 29.8 Å². The minimum absolute atomic E-state index is 0.0777. The van der Waals surface area contributed by atoms with Crippen molar-refractivity contribution >= 4 is 5.69 Å². The van der Waals surface area contributed by atoms with E-state index >= 15 is 0 Å². The van der Waals surface area contributed by atoms with Gasteiger partial charge in [-0.1, -0.05) is 25.1 Å². The van der Waals surface area contributed by atoms with Gasteiger partial charge in [-0.2, -0.15) is 5.26 Å². The van der Waals surface area contributed by atoms with Crippen LogP contribution in [0.5, 0.6) is 0 Å². The number of hydrogen-bond acceptors (Lipinski definition) is 3. The minimum atomic E-state index is -0.0777. The number of nitriles is 1. The summed E-state index contributed by atoms with van der Waals surface area (Å²) >= 11 is 0. The zero-order valence-electron chi connectivity index (χ0n) is 11.7. The monoisotopic (exact) mass is 257 g/mol. The maximum absolute atomic E-state index is 9.26. The Balaban J connectivity index is 2.09. The predicted octanol–water partition coefficient (Wildman–Crippen LogP) is 2.72. The molecule has 1 unspecified atom stereocenters. The molecule has 1 aromatic rings. The molecule has 0 radical (unpaired) electrons. The normalized spacial score (nSPS) is 16.3. The van der Waals surface area contributed by atoms with Crippen LogP contribution in [0.4, 0.5) is 5.69 Å². The Morgan fingerprint density at radius 1 is 1.37 bits per heavy atom. The summed E-state index contributed by atoms with van der Waals surface area (Å²) in [5.41, 5.74) is 2.74. The first-order valence-electron chi connectivity index (χ1n) is 7.31. The Hall–Kier alpha value is -1.53. The molecule has 0 spiro atoms. The number of nitrogens with zero attached hydrogens (tertiary/aromatic N) is 2. The molecule has 0 saturated heterocycles. The number of para-hydroxylation sites is 1. The first-order valence-corrected chi connectivity index (χ1v) is 7.31. The highest BCUT2D eigenvalue weighted by atomic mass is 15.2. The Bertz CT molecular complexity index is 436. The molecule has 1 aliphatic rings. The molecule has 0 aliphatic carbocycles. The third kappa shape index (κ3) is 3.71. The van der Waals surface area contributed by atoms with Gasteiger partial charge in [0.25, 0.3) is 0 Å². The Morgan fingerprint density at radius 2 is 2.21 bits per heavy atom. The van der Waals surface area contributed by atoms with Crippen molar-refractivity contribution in [1.82, 2.24) is 5.32 Å². The van der Waals surface area contributed by atoms with E-state index in [1.807, 2.05) is 0 Å². The van der Waals surface area contributed by atoms with Crippen LogP contribution in [0, 0.1) is 11.3 Å². The lowest BCUT2D eigenvalue weighted by molar-refractivity contribution is 0.574. The summed E-state index contributed by atoms with van der Waals surface area (Å²) in [5.74, 6) is 0. The molecule has 0 saturated carbocycles. The van der Waals surface area contributed by atoms with E-state index in [4.69, 9.17) is 0 Å². The second-order valence-corrected chi connectivity index (χ2v) is 5.17. The minimum Gasteiger partial charge on any atom is -0.369 e. The third-order valence-corrected chi connectivity index (χ3v) is 3.66. The molecule has 1 N–H and O–H groups in total. The molecule has 0 fully saturated rings. The van der Waals surface area contributed by atoms with E-state index < -0.39 is 0 Å². The summed E-state index contributed by atoms with van der Waals surface area (Å²) in [6.07, 6.45) is 4.68. The van der Waals surface area contributed by atoms with E-state index in [-0.39, 0.29) is 6.04 Å². The predicted molar refractivity (Wildman–Crippen MR) is 79.3 cm³/mol. The molecule has 0 amide bonds. The van der Waals surface area contributed by atoms with Gasteiger partial charge in [0.2, 0.25) is 0 Å². The van der Waals surface area contributed by atoms with Crippen molar-refractivity contribution in [3.8, 4) is 6.07 Å². The summed E-state index contributed by atoms with van der Waals surface area (Å²) in [6, 6.07) is 10.9. The van der Waals surface area contributed by atoms with Crippen LogP contribution in [0.2, 0.25) is 0 Å². The number of aryl methyl sites for hydroxylation is 1. The van der Waals surface area contributed by atoms with E-state index in [2.05, 4.69) is 47.5 Å². The number of fused-ring (bicyclic) bond motifs is 1. The molecule has 3 heteroatoms. The average Bonchev–Trinajstić information content (AvgIpc) is 2.66. The zero-order chi connectivity index (χ0) is 13.5. The molecule has 1 atom stereocenters. The molecule has 3 nitrogen and oxygen atoms in total. The molecule has 0 aromatic heterocycles. The topological polar surface area (TPSA) is 39.1 Å². The molecule has 0 bridgehead atoms. The molecule has 102 valence electrons. The Morgan fingerprint density at radius 3 is 3.00 bits per heavy atom. The van der Waals surface area contributed by atoms with E-state index in [0.717, 1.165) is 32.5 Å². The van der Waals surface area contributed by atoms with Gasteiger partial charge in [-0.3, -0.25) is 0 Å². The fourth-order valence-electron chi connectivity index (χ4n) is 2.65. The maximum atomic E-state index is 9.26. The van der Waals surface area contributed by atoms with Gasteiger partial charge in [0.15, 0.2) is 0 Å². The van der Waals surface area contributed by atoms with Gasteiger partial charge in [-0.05, 0) is 43.9 Å². The Kier molecular flexibility index (Phi) is 5.23. The molecule has 19 heavy (non-hydrogen) atoms. The van der Waals surface area contributed by atoms with Crippen LogP contribution in [-0.4, -0.2) is 25.7 Å². The Labute approximate surface area is 116 Å². The van der Waals surface area contributed by atoms with Crippen molar-refractivity contribution < 1.29 is 0 Å². The molecular weight excluding hydrogens is 234 g/mol. The lowest BCUT2D eigenvalue weighted by Gasteiger charge is -2.27. The van der Waals surface area contributed by atoms with Crippen molar-refractivity contribution in [2.45, 2.75) is 38.6 Å². The van der Waals surface area contributed by atoms with E-state index in [0.29, 0.717) is 0 Å². The van der Waals surface area contributed by atoms with Gasteiger partial charge in [-0.15, -0.1) is 0 Å². The largest absolute Gasteiger partial charge is 0.369 e. The number of nitrogens with one attached hydrogen (secondary N) is 1.